The van der Waals surface area contributed by atoms with Gasteiger partial charge in [0.1, 0.15) is 0 Å². The fourth-order valence-electron chi connectivity index (χ4n) is 0.505. The van der Waals surface area contributed by atoms with Crippen LogP contribution >= 0.6 is 0 Å². The SMILES string of the molecule is C[Se]C(=O)CC(C)(C)C. The summed E-state index contributed by atoms with van der Waals surface area (Å²) >= 11 is 0.202. The predicted octanol–water partition coefficient (Wildman–Crippen LogP) is 1.70. The molecule has 0 spiro atoms. The molecule has 0 aliphatic heterocycles. The van der Waals surface area contributed by atoms with E-state index in [4.69, 9.17) is 0 Å². The minimum absolute atomic E-state index is 0.189. The van der Waals surface area contributed by atoms with Crippen molar-refractivity contribution in [1.29, 1.82) is 0 Å². The quantitative estimate of drug-likeness (QED) is 0.610. The van der Waals surface area contributed by atoms with Gasteiger partial charge in [0.15, 0.2) is 0 Å². The van der Waals surface area contributed by atoms with Crippen molar-refractivity contribution < 1.29 is 4.79 Å². The summed E-state index contributed by atoms with van der Waals surface area (Å²) in [5.74, 6) is 1.97. The summed E-state index contributed by atoms with van der Waals surface area (Å²) in [6, 6.07) is 0. The third kappa shape index (κ3) is 6.07. The van der Waals surface area contributed by atoms with Crippen LogP contribution < -0.4 is 0 Å². The first-order valence-corrected chi connectivity index (χ1v) is 5.59. The van der Waals surface area contributed by atoms with Crippen LogP contribution in [-0.4, -0.2) is 19.6 Å². The predicted molar refractivity (Wildman–Crippen MR) is 40.7 cm³/mol. The Bertz CT molecular complexity index is 102. The average Bonchev–Trinajstić information content (AvgIpc) is 1.62. The third-order valence-electron chi connectivity index (χ3n) is 0.902. The normalized spacial score (nSPS) is 11.6. The first-order chi connectivity index (χ1) is 3.95. The van der Waals surface area contributed by atoms with E-state index >= 15 is 0 Å². The van der Waals surface area contributed by atoms with E-state index < -0.39 is 0 Å². The zero-order valence-electron chi connectivity index (χ0n) is 6.52. The van der Waals surface area contributed by atoms with E-state index in [1.807, 2.05) is 5.82 Å². The number of rotatable bonds is 2. The summed E-state index contributed by atoms with van der Waals surface area (Å²) in [5, 5.41) is 0. The Morgan fingerprint density at radius 2 is 1.89 bits per heavy atom. The molecule has 0 saturated heterocycles. The topological polar surface area (TPSA) is 17.1 Å². The molecule has 0 rings (SSSR count). The van der Waals surface area contributed by atoms with Crippen molar-refractivity contribution in [2.45, 2.75) is 33.0 Å². The van der Waals surface area contributed by atoms with Gasteiger partial charge in [0.05, 0.1) is 0 Å². The molecule has 0 aromatic heterocycles. The first kappa shape index (κ1) is 9.19. The molecular weight excluding hydrogens is 179 g/mol. The number of carbonyl (C=O) groups excluding carboxylic acids is 1. The van der Waals surface area contributed by atoms with Gasteiger partial charge >= 0.3 is 62.9 Å². The van der Waals surface area contributed by atoms with Gasteiger partial charge in [-0.15, -0.1) is 0 Å². The van der Waals surface area contributed by atoms with Crippen molar-refractivity contribution in [1.82, 2.24) is 0 Å². The molecule has 0 unspecified atom stereocenters. The van der Waals surface area contributed by atoms with Crippen molar-refractivity contribution in [3.05, 3.63) is 0 Å². The minimum atomic E-state index is 0.189. The summed E-state index contributed by atoms with van der Waals surface area (Å²) in [7, 11) is 0. The van der Waals surface area contributed by atoms with E-state index in [1.165, 1.54) is 0 Å². The van der Waals surface area contributed by atoms with Crippen molar-refractivity contribution in [3.8, 4) is 0 Å². The molecule has 0 heterocycles. The summed E-state index contributed by atoms with van der Waals surface area (Å²) in [6.07, 6.45) is 0.740. The van der Waals surface area contributed by atoms with Crippen LogP contribution in [0.5, 0.6) is 0 Å². The van der Waals surface area contributed by atoms with Crippen LogP contribution in [0.25, 0.3) is 0 Å². The van der Waals surface area contributed by atoms with E-state index in [0.29, 0.717) is 4.68 Å². The van der Waals surface area contributed by atoms with Crippen LogP contribution in [0.15, 0.2) is 0 Å². The zero-order chi connectivity index (χ0) is 7.49. The standard InChI is InChI=1S/C7H14OSe/c1-7(2,3)5-6(8)9-4/h5H2,1-4H3. The molecule has 0 N–H and O–H groups in total. The second-order valence-corrected chi connectivity index (χ2v) is 5.13. The van der Waals surface area contributed by atoms with Crippen LogP contribution in [0, 0.1) is 5.41 Å². The Morgan fingerprint density at radius 3 is 2.00 bits per heavy atom. The molecule has 2 heteroatoms. The van der Waals surface area contributed by atoms with Gasteiger partial charge in [-0.1, -0.05) is 0 Å². The van der Waals surface area contributed by atoms with Crippen LogP contribution in [-0.2, 0) is 4.79 Å². The maximum atomic E-state index is 10.9. The molecule has 0 aliphatic rings. The molecule has 1 nitrogen and oxygen atoms in total. The van der Waals surface area contributed by atoms with Gasteiger partial charge in [0.25, 0.3) is 0 Å². The Balaban J connectivity index is 3.60. The van der Waals surface area contributed by atoms with Gasteiger partial charge in [0.2, 0.25) is 0 Å². The summed E-state index contributed by atoms with van der Waals surface area (Å²) in [5.41, 5.74) is 0.189. The number of hydrogen-bond donors (Lipinski definition) is 0. The van der Waals surface area contributed by atoms with Gasteiger partial charge in [-0.2, -0.15) is 0 Å². The molecule has 0 radical (unpaired) electrons. The van der Waals surface area contributed by atoms with Crippen molar-refractivity contribution in [2.75, 3.05) is 0 Å². The fourth-order valence-corrected chi connectivity index (χ4v) is 1.72. The average molecular weight is 193 g/mol. The molecule has 0 aromatic rings. The molecule has 0 atom stereocenters. The third-order valence-corrected chi connectivity index (χ3v) is 2.16. The van der Waals surface area contributed by atoms with E-state index in [1.54, 1.807) is 0 Å². The Labute approximate surface area is 63.4 Å². The zero-order valence-corrected chi connectivity index (χ0v) is 8.24. The Morgan fingerprint density at radius 1 is 1.44 bits per heavy atom. The van der Waals surface area contributed by atoms with Crippen LogP contribution in [0.4, 0.5) is 0 Å². The van der Waals surface area contributed by atoms with E-state index in [-0.39, 0.29) is 20.4 Å². The van der Waals surface area contributed by atoms with E-state index in [9.17, 15) is 4.79 Å². The van der Waals surface area contributed by atoms with Gasteiger partial charge < -0.3 is 0 Å². The molecular formula is C7H14OSe. The van der Waals surface area contributed by atoms with Gasteiger partial charge in [-0.05, 0) is 0 Å². The van der Waals surface area contributed by atoms with E-state index in [2.05, 4.69) is 20.8 Å². The molecule has 0 saturated carbocycles. The molecule has 0 bridgehead atoms. The summed E-state index contributed by atoms with van der Waals surface area (Å²) < 4.78 is 0.426. The van der Waals surface area contributed by atoms with E-state index in [0.717, 1.165) is 6.42 Å². The maximum absolute atomic E-state index is 10.9. The Kier molecular flexibility index (Phi) is 3.45. The first-order valence-electron chi connectivity index (χ1n) is 3.02. The number of carbonyl (C=O) groups is 1. The second kappa shape index (κ2) is 3.38. The summed E-state index contributed by atoms with van der Waals surface area (Å²) in [4.78, 5) is 10.9. The molecule has 0 aromatic carbocycles. The number of hydrogen-bond acceptors (Lipinski definition) is 1. The fraction of sp³-hybridized carbons (Fsp3) is 0.857. The molecule has 0 fully saturated rings. The van der Waals surface area contributed by atoms with Gasteiger partial charge in [-0.3, -0.25) is 0 Å². The van der Waals surface area contributed by atoms with Crippen LogP contribution in [0.1, 0.15) is 27.2 Å². The molecule has 9 heavy (non-hydrogen) atoms. The van der Waals surface area contributed by atoms with Gasteiger partial charge in [0, 0.05) is 0 Å². The Hall–Kier alpha value is 0.189. The molecule has 0 aliphatic carbocycles. The second-order valence-electron chi connectivity index (χ2n) is 3.31. The van der Waals surface area contributed by atoms with Gasteiger partial charge in [-0.25, -0.2) is 0 Å². The molecule has 54 valence electrons. The van der Waals surface area contributed by atoms with Crippen LogP contribution in [0.3, 0.4) is 0 Å². The van der Waals surface area contributed by atoms with Crippen molar-refractivity contribution in [2.24, 2.45) is 5.41 Å². The van der Waals surface area contributed by atoms with Crippen LogP contribution in [0.2, 0.25) is 5.82 Å². The monoisotopic (exact) mass is 194 g/mol. The summed E-state index contributed by atoms with van der Waals surface area (Å²) in [6.45, 7) is 6.28. The van der Waals surface area contributed by atoms with Crippen molar-refractivity contribution in [3.63, 3.8) is 0 Å². The van der Waals surface area contributed by atoms with Crippen molar-refractivity contribution >= 4 is 19.6 Å². The molecule has 0 amide bonds.